The summed E-state index contributed by atoms with van der Waals surface area (Å²) in [5.41, 5.74) is 5.86. The van der Waals surface area contributed by atoms with Crippen LogP contribution >= 0.6 is 34.8 Å². The molecule has 6 aromatic rings. The van der Waals surface area contributed by atoms with E-state index in [9.17, 15) is 63.9 Å². The van der Waals surface area contributed by atoms with Crippen LogP contribution in [0.3, 0.4) is 0 Å². The smallest absolute Gasteiger partial charge is 1.00 e. The third-order valence-corrected chi connectivity index (χ3v) is 12.2. The van der Waals surface area contributed by atoms with Crippen molar-refractivity contribution in [1.29, 1.82) is 0 Å². The fourth-order valence-electron chi connectivity index (χ4n) is 7.53. The van der Waals surface area contributed by atoms with E-state index in [4.69, 9.17) is 52.5 Å². The zero-order valence-electron chi connectivity index (χ0n) is 57.7. The molecule has 28 nitrogen and oxygen atoms in total. The predicted octanol–water partition coefficient (Wildman–Crippen LogP) is 4.71. The van der Waals surface area contributed by atoms with E-state index >= 15 is 0 Å². The van der Waals surface area contributed by atoms with Crippen molar-refractivity contribution in [3.05, 3.63) is 77.7 Å². The second-order valence-electron chi connectivity index (χ2n) is 18.2. The quantitative estimate of drug-likeness (QED) is 0.0157. The largest absolute Gasteiger partial charge is 1.00 e. The summed E-state index contributed by atoms with van der Waals surface area (Å²) >= 11 is 16.3. The first-order valence-electron chi connectivity index (χ1n) is 29.9. The summed E-state index contributed by atoms with van der Waals surface area (Å²) in [5.74, 6) is 0.206. The number of hydrogen-bond acceptors (Lipinski definition) is 20. The number of alkyl halides is 10. The van der Waals surface area contributed by atoms with Gasteiger partial charge in [-0.1, -0.05) is 23.7 Å². The molecule has 2 fully saturated rings. The van der Waals surface area contributed by atoms with Crippen molar-refractivity contribution in [1.82, 2.24) is 75.7 Å². The van der Waals surface area contributed by atoms with Gasteiger partial charge in [-0.25, -0.2) is 64.5 Å². The number of benzene rings is 2. The average molecular weight is 1410 g/mol. The number of nitrogens with two attached hydrogens (primary N) is 1. The van der Waals surface area contributed by atoms with Crippen LogP contribution in [0.25, 0.3) is 22.8 Å². The van der Waals surface area contributed by atoms with Crippen LogP contribution in [0.1, 0.15) is 56.3 Å². The van der Waals surface area contributed by atoms with Crippen LogP contribution in [0, 0.1) is 0 Å². The number of ether oxygens (including phenoxy) is 2. The number of carbonyl (C=O) groups excluding carboxylic acids is 6. The van der Waals surface area contributed by atoms with E-state index in [0.29, 0.717) is 89.9 Å². The number of carbonyl (C=O) groups is 5. The van der Waals surface area contributed by atoms with Gasteiger partial charge >= 0.3 is 41.6 Å². The number of aromatic nitrogens is 10. The minimum absolute atomic E-state index is 0. The molecule has 2 aliphatic heterocycles. The Bertz CT molecular complexity index is 3640. The number of isocyanates is 1. The molecular weight excluding hydrogens is 1340 g/mol. The van der Waals surface area contributed by atoms with Crippen LogP contribution in [0.5, 0.6) is 11.5 Å². The van der Waals surface area contributed by atoms with Crippen LogP contribution in [-0.2, 0) is 23.7 Å². The van der Waals surface area contributed by atoms with E-state index in [1.807, 2.05) is 10.6 Å². The Labute approximate surface area is 580 Å². The number of amides is 6. The molecule has 0 atom stereocenters. The summed E-state index contributed by atoms with van der Waals surface area (Å²) in [7, 11) is 6.34. The maximum Gasteiger partial charge on any atom is 1.00 e. The Morgan fingerprint density at radius 2 is 1.26 bits per heavy atom. The number of aryl methyl sites for hydroxylation is 2. The summed E-state index contributed by atoms with van der Waals surface area (Å²) < 4.78 is 151. The van der Waals surface area contributed by atoms with E-state index in [-0.39, 0.29) is 102 Å². The molecule has 510 valence electrons. The number of urea groups is 2. The van der Waals surface area contributed by atoms with E-state index < -0.39 is 77.1 Å². The molecule has 0 spiro atoms. The van der Waals surface area contributed by atoms with Gasteiger partial charge in [0.1, 0.15) is 18.4 Å². The van der Waals surface area contributed by atoms with Crippen molar-refractivity contribution in [2.24, 2.45) is 24.8 Å². The van der Waals surface area contributed by atoms with Crippen molar-refractivity contribution in [3.63, 3.8) is 0 Å². The van der Waals surface area contributed by atoms with Crippen molar-refractivity contribution >= 4 is 99.1 Å². The zero-order valence-corrected chi connectivity index (χ0v) is 55.0. The fourth-order valence-corrected chi connectivity index (χ4v) is 7.90. The molecule has 0 unspecified atom stereocenters. The fraction of sp³-hybridized carbons (Fsp3) is 0.444. The number of halogens is 11. The van der Waals surface area contributed by atoms with Crippen molar-refractivity contribution in [2.45, 2.75) is 51.4 Å². The van der Waals surface area contributed by atoms with Crippen LogP contribution in [0.15, 0.2) is 66.2 Å². The summed E-state index contributed by atoms with van der Waals surface area (Å²) in [4.78, 5) is 83.1. The SMILES string of the molecule is NCC(F)F.O=C(CCCCl)CCC(F)F.O=C1NCCN1CC(F)F.O=C=NCCCl.[2H]C([2H])([2H])NC(=O)c1nnc(Cl)cc1Nc1cccc(-c2ncn(C)n2)c1OC.[2H]C([2H])([2H])NC(=O)c1nnc(N2CCN(CC(F)F)C2=O)cc1Nc1cccc(-c2ncn(C)n2)c1OC.[H-].[Na+]. The average Bonchev–Trinajstić information content (AvgIpc) is 1.79. The second-order valence-corrected chi connectivity index (χ2v) is 19.3. The molecule has 94 heavy (non-hydrogen) atoms. The number of aliphatic imine (C=N–C) groups is 1. The molecule has 0 saturated carbocycles. The predicted molar refractivity (Wildman–Crippen MR) is 330 cm³/mol. The Balaban J connectivity index is 0.000000705. The summed E-state index contributed by atoms with van der Waals surface area (Å²) in [6.45, 7) is -5.85. The van der Waals surface area contributed by atoms with Gasteiger partial charge in [0, 0.05) is 106 Å². The van der Waals surface area contributed by atoms with Gasteiger partial charge in [0.15, 0.2) is 45.5 Å². The van der Waals surface area contributed by atoms with Gasteiger partial charge in [-0.05, 0) is 30.7 Å². The topological polar surface area (TPSA) is 342 Å². The van der Waals surface area contributed by atoms with Crippen LogP contribution in [0.4, 0.5) is 73.3 Å². The third kappa shape index (κ3) is 27.4. The van der Waals surface area contributed by atoms with Crippen LogP contribution in [-0.4, -0.2) is 213 Å². The van der Waals surface area contributed by atoms with Gasteiger partial charge < -0.3 is 53.0 Å². The second kappa shape index (κ2) is 43.7. The van der Waals surface area contributed by atoms with Gasteiger partial charge in [-0.15, -0.1) is 43.6 Å². The molecule has 40 heteroatoms. The molecule has 2 aromatic carbocycles. The molecule has 6 amide bonds. The summed E-state index contributed by atoms with van der Waals surface area (Å²) in [6.07, 6.45) is -4.84. The molecule has 6 heterocycles. The standard InChI is InChI=1S/C21H23F2N9O3.C16H16ClN7O2.C7H11ClF2O.C5H8F2N2O.C3H4ClNO.C2H5F2N.Na.H/c1-24-20(33)17-14(9-16(27-28-17)32-8-7-31(21(32)34)10-15(22)23)26-13-6-4-5-12(18(13)35-3)19-25-11-30(2)29-19;1-18-16(25)13-11(7-12(17)21-22-13)20-10-6-4-5-9(14(10)26-3)15-19-8-24(2)23-15;8-5-1-2-6(11)3-4-7(9)10;6-4(7)3-9-2-1-8-5(9)10;4-1-2-5-3-6;3-2(4)1-5;;/h4-6,9,11,15H,7-8,10H2,1-3H3,(H,24,33)(H,26,27);4-8H,1-3H3,(H,18,25)(H,20,21);7H,1-5H2;4H,1-3H2,(H,8,10);1-2H2;2H,1,5H2;;/q;;;;;;+1;-1/i2*1D3;;;;;;. The maximum absolute atomic E-state index is 12.8. The molecule has 0 radical (unpaired) electrons. The van der Waals surface area contributed by atoms with Gasteiger partial charge in [0.05, 0.1) is 74.3 Å². The van der Waals surface area contributed by atoms with Gasteiger partial charge in [-0.3, -0.25) is 28.6 Å². The Kier molecular flexibility index (Phi) is 33.4. The number of Topliss-reactive ketones (excluding diaryl/α,β-unsaturated/α-hetero) is 1. The molecule has 2 saturated heterocycles. The molecule has 0 aliphatic carbocycles. The summed E-state index contributed by atoms with van der Waals surface area (Å²) in [6, 6.07) is 11.8. The normalized spacial score (nSPS) is 13.3. The monoisotopic (exact) mass is 1410 g/mol. The first-order valence-corrected chi connectivity index (χ1v) is 28.4. The van der Waals surface area contributed by atoms with Crippen LogP contribution in [0.2, 0.25) is 5.15 Å². The molecule has 2 aliphatic rings. The maximum atomic E-state index is 12.8. The molecule has 0 bridgehead atoms. The van der Waals surface area contributed by atoms with Crippen molar-refractivity contribution < 1.29 is 113 Å². The van der Waals surface area contributed by atoms with Gasteiger partial charge in [0.2, 0.25) is 12.5 Å². The Morgan fingerprint density at radius 1 is 0.734 bits per heavy atom. The number of rotatable bonds is 24. The Hall–Kier alpha value is -8.12. The number of para-hydroxylation sites is 2. The van der Waals surface area contributed by atoms with Gasteiger partial charge in [0.25, 0.3) is 31.1 Å². The molecule has 8 rings (SSSR count). The molecule has 7 N–H and O–H groups in total. The van der Waals surface area contributed by atoms with E-state index in [0.717, 1.165) is 14.7 Å². The molecule has 4 aromatic heterocycles. The van der Waals surface area contributed by atoms with Gasteiger partial charge in [-0.2, -0.15) is 10.2 Å². The number of methoxy groups -OCH3 is 2. The van der Waals surface area contributed by atoms with Crippen LogP contribution < -0.4 is 76.2 Å². The van der Waals surface area contributed by atoms with E-state index in [1.165, 1.54) is 43.4 Å². The third-order valence-electron chi connectivity index (χ3n) is 11.6. The number of nitrogens with zero attached hydrogens (tertiary/aromatic N) is 14. The number of nitrogens with one attached hydrogen (secondary N) is 5. The number of anilines is 5. The number of ketones is 1. The van der Waals surface area contributed by atoms with Crippen molar-refractivity contribution in [2.75, 3.05) is 108 Å². The number of hydrogen-bond donors (Lipinski definition) is 6. The first-order chi connectivity index (χ1) is 46.7. The molecular formula is C54H68Cl3F8N20NaO8. The van der Waals surface area contributed by atoms with E-state index in [2.05, 4.69) is 67.2 Å². The van der Waals surface area contributed by atoms with Crippen molar-refractivity contribution in [3.8, 4) is 34.3 Å². The zero-order chi connectivity index (χ0) is 74.2. The summed E-state index contributed by atoms with van der Waals surface area (Å²) in [5, 5.41) is 35.8. The Morgan fingerprint density at radius 3 is 1.67 bits per heavy atom. The van der Waals surface area contributed by atoms with E-state index in [1.54, 1.807) is 61.5 Å². The first kappa shape index (κ1) is 71.7. The minimum Gasteiger partial charge on any atom is -1.00 e. The minimum atomic E-state index is -2.81.